The molecule has 2 aliphatic rings. The van der Waals surface area contributed by atoms with Crippen LogP contribution in [0.4, 0.5) is 0 Å². The van der Waals surface area contributed by atoms with E-state index >= 15 is 0 Å². The summed E-state index contributed by atoms with van der Waals surface area (Å²) in [6.45, 7) is 1.96. The van der Waals surface area contributed by atoms with Crippen molar-refractivity contribution in [3.8, 4) is 12.1 Å². The number of nitrogens with zero attached hydrogens (tertiary/aromatic N) is 4. The second-order valence-corrected chi connectivity index (χ2v) is 5.34. The highest BCUT2D eigenvalue weighted by atomic mass is 16.2. The van der Waals surface area contributed by atoms with Gasteiger partial charge in [0, 0.05) is 12.2 Å². The molecule has 4 amide bonds. The number of unbranched alkanes of at least 4 members (excludes halogenated alkanes) is 2. The molecule has 0 saturated heterocycles. The second kappa shape index (κ2) is 6.88. The minimum Gasteiger partial charge on any atom is -0.269 e. The Morgan fingerprint density at radius 2 is 1.38 bits per heavy atom. The highest BCUT2D eigenvalue weighted by Crippen LogP contribution is 2.26. The molecule has 0 saturated carbocycles. The minimum atomic E-state index is -1.14. The van der Waals surface area contributed by atoms with Crippen LogP contribution in [0, 0.1) is 22.7 Å². The van der Waals surface area contributed by atoms with Crippen LogP contribution >= 0.6 is 0 Å². The summed E-state index contributed by atoms with van der Waals surface area (Å²) in [5.41, 5.74) is -0.680. The van der Waals surface area contributed by atoms with Crippen molar-refractivity contribution in [2.75, 3.05) is 0 Å². The average Bonchev–Trinajstić information content (AvgIpc) is 3.00. The van der Waals surface area contributed by atoms with E-state index in [1.54, 1.807) is 12.1 Å². The predicted octanol–water partition coefficient (Wildman–Crippen LogP) is 0.530. The zero-order chi connectivity index (χ0) is 17.9. The van der Waals surface area contributed by atoms with E-state index in [2.05, 4.69) is 0 Å². The first-order valence-electron chi connectivity index (χ1n) is 7.44. The van der Waals surface area contributed by atoms with Crippen LogP contribution in [0.1, 0.15) is 32.6 Å². The lowest BCUT2D eigenvalue weighted by Crippen LogP contribution is -2.53. The normalized spacial score (nSPS) is 17.3. The molecular weight excluding hydrogens is 312 g/mol. The molecule has 2 rings (SSSR count). The number of nitriles is 2. The lowest BCUT2D eigenvalue weighted by atomic mass is 10.1. The third-order valence-electron chi connectivity index (χ3n) is 3.81. The monoisotopic (exact) mass is 326 g/mol. The van der Waals surface area contributed by atoms with Crippen LogP contribution in [0.2, 0.25) is 0 Å². The number of hydrogen-bond donors (Lipinski definition) is 0. The van der Waals surface area contributed by atoms with Gasteiger partial charge in [-0.25, -0.2) is 0 Å². The van der Waals surface area contributed by atoms with E-state index in [4.69, 9.17) is 10.5 Å². The van der Waals surface area contributed by atoms with Crippen LogP contribution < -0.4 is 0 Å². The summed E-state index contributed by atoms with van der Waals surface area (Å²) in [5, 5.41) is 17.8. The third kappa shape index (κ3) is 2.82. The van der Waals surface area contributed by atoms with Crippen LogP contribution in [0.3, 0.4) is 0 Å². The van der Waals surface area contributed by atoms with E-state index < -0.39 is 29.8 Å². The van der Waals surface area contributed by atoms with Crippen molar-refractivity contribution >= 4 is 23.6 Å². The molecule has 0 aromatic carbocycles. The maximum Gasteiger partial charge on any atom is 0.273 e. The van der Waals surface area contributed by atoms with Gasteiger partial charge in [0.1, 0.15) is 29.5 Å². The largest absolute Gasteiger partial charge is 0.273 e. The van der Waals surface area contributed by atoms with Crippen molar-refractivity contribution in [2.45, 2.75) is 38.8 Å². The zero-order valence-electron chi connectivity index (χ0n) is 13.0. The Hall–Kier alpha value is -3.26. The summed E-state index contributed by atoms with van der Waals surface area (Å²) in [6.07, 6.45) is 3.04. The fourth-order valence-electron chi connectivity index (χ4n) is 2.64. The van der Waals surface area contributed by atoms with Crippen LogP contribution in [0.15, 0.2) is 23.3 Å². The van der Waals surface area contributed by atoms with Crippen molar-refractivity contribution in [2.24, 2.45) is 0 Å². The van der Waals surface area contributed by atoms with Crippen molar-refractivity contribution in [1.82, 2.24) is 9.80 Å². The first-order valence-corrected chi connectivity index (χ1v) is 7.44. The lowest BCUT2D eigenvalue weighted by Gasteiger charge is -2.32. The van der Waals surface area contributed by atoms with Gasteiger partial charge in [0.25, 0.3) is 23.6 Å². The Morgan fingerprint density at radius 3 is 1.71 bits per heavy atom. The quantitative estimate of drug-likeness (QED) is 0.518. The van der Waals surface area contributed by atoms with Gasteiger partial charge in [-0.15, -0.1) is 0 Å². The highest BCUT2D eigenvalue weighted by Gasteiger charge is 2.45. The van der Waals surface area contributed by atoms with E-state index in [9.17, 15) is 19.2 Å². The van der Waals surface area contributed by atoms with Gasteiger partial charge in [0.2, 0.25) is 0 Å². The molecule has 0 radical (unpaired) electrons. The van der Waals surface area contributed by atoms with Gasteiger partial charge in [-0.2, -0.15) is 10.5 Å². The van der Waals surface area contributed by atoms with E-state index in [0.717, 1.165) is 34.8 Å². The Kier molecular flexibility index (Phi) is 4.90. The number of carbonyl (C=O) groups is 4. The maximum absolute atomic E-state index is 12.2. The van der Waals surface area contributed by atoms with Gasteiger partial charge in [0.15, 0.2) is 0 Å². The predicted molar refractivity (Wildman–Crippen MR) is 79.0 cm³/mol. The SMILES string of the molecule is CCCCCC(N1C(=O)C=C(C#N)C1=O)N1C(=O)C=C(C#N)C1=O. The van der Waals surface area contributed by atoms with Gasteiger partial charge in [0.05, 0.1) is 0 Å². The zero-order valence-corrected chi connectivity index (χ0v) is 13.0. The molecule has 2 aliphatic heterocycles. The molecule has 0 atom stereocenters. The first kappa shape index (κ1) is 17.1. The summed E-state index contributed by atoms with van der Waals surface area (Å²) >= 11 is 0. The summed E-state index contributed by atoms with van der Waals surface area (Å²) in [5.74, 6) is -3.17. The Bertz CT molecular complexity index is 706. The van der Waals surface area contributed by atoms with Crippen LogP contribution in [-0.2, 0) is 19.2 Å². The van der Waals surface area contributed by atoms with Gasteiger partial charge in [-0.1, -0.05) is 19.8 Å². The topological polar surface area (TPSA) is 122 Å². The van der Waals surface area contributed by atoms with E-state index in [1.807, 2.05) is 6.92 Å². The molecule has 0 spiro atoms. The number of imide groups is 2. The summed E-state index contributed by atoms with van der Waals surface area (Å²) in [7, 11) is 0. The number of amides is 4. The molecule has 8 heteroatoms. The van der Waals surface area contributed by atoms with Crippen molar-refractivity contribution in [3.63, 3.8) is 0 Å². The molecule has 0 aliphatic carbocycles. The molecule has 2 heterocycles. The number of rotatable bonds is 6. The Labute approximate surface area is 138 Å². The minimum absolute atomic E-state index is 0.196. The third-order valence-corrected chi connectivity index (χ3v) is 3.81. The first-order chi connectivity index (χ1) is 11.5. The van der Waals surface area contributed by atoms with Crippen molar-refractivity contribution in [1.29, 1.82) is 10.5 Å². The molecule has 0 bridgehead atoms. The van der Waals surface area contributed by atoms with Gasteiger partial charge in [-0.3, -0.25) is 29.0 Å². The van der Waals surface area contributed by atoms with E-state index in [1.165, 1.54) is 0 Å². The van der Waals surface area contributed by atoms with Crippen LogP contribution in [0.5, 0.6) is 0 Å². The van der Waals surface area contributed by atoms with Crippen molar-refractivity contribution < 1.29 is 19.2 Å². The Morgan fingerprint density at radius 1 is 0.917 bits per heavy atom. The lowest BCUT2D eigenvalue weighted by molar-refractivity contribution is -0.152. The van der Waals surface area contributed by atoms with E-state index in [0.29, 0.717) is 6.42 Å². The summed E-state index contributed by atoms with van der Waals surface area (Å²) in [6, 6.07) is 3.25. The second-order valence-electron chi connectivity index (χ2n) is 5.34. The van der Waals surface area contributed by atoms with E-state index in [-0.39, 0.29) is 17.6 Å². The molecule has 8 nitrogen and oxygen atoms in total. The number of carbonyl (C=O) groups excluding carboxylic acids is 4. The smallest absolute Gasteiger partial charge is 0.269 e. The fraction of sp³-hybridized carbons (Fsp3) is 0.375. The molecule has 0 aromatic rings. The standard InChI is InChI=1S/C16H14N4O4/c1-2-3-4-5-12(19-13(21)6-10(8-17)15(19)23)20-14(22)7-11(9-18)16(20)24/h6-7,12H,2-5H2,1H3. The summed E-state index contributed by atoms with van der Waals surface area (Å²) < 4.78 is 0. The number of hydrogen-bond acceptors (Lipinski definition) is 6. The molecular formula is C16H14N4O4. The molecule has 24 heavy (non-hydrogen) atoms. The Balaban J connectivity index is 2.34. The molecule has 0 aromatic heterocycles. The van der Waals surface area contributed by atoms with Crippen LogP contribution in [0.25, 0.3) is 0 Å². The van der Waals surface area contributed by atoms with Gasteiger partial charge < -0.3 is 0 Å². The molecule has 122 valence electrons. The summed E-state index contributed by atoms with van der Waals surface area (Å²) in [4.78, 5) is 50.1. The molecule has 0 unspecified atom stereocenters. The fourth-order valence-corrected chi connectivity index (χ4v) is 2.64. The van der Waals surface area contributed by atoms with Crippen molar-refractivity contribution in [3.05, 3.63) is 23.3 Å². The maximum atomic E-state index is 12.2. The molecule has 0 fully saturated rings. The van der Waals surface area contributed by atoms with Gasteiger partial charge in [-0.05, 0) is 12.8 Å². The molecule has 0 N–H and O–H groups in total. The average molecular weight is 326 g/mol. The van der Waals surface area contributed by atoms with Gasteiger partial charge >= 0.3 is 0 Å². The van der Waals surface area contributed by atoms with Crippen LogP contribution in [-0.4, -0.2) is 39.6 Å². The highest BCUT2D eigenvalue weighted by molar-refractivity contribution is 6.21.